The molecule has 0 atom stereocenters. The molecular weight excluding hydrogens is 298 g/mol. The summed E-state index contributed by atoms with van der Waals surface area (Å²) < 4.78 is 5.13. The van der Waals surface area contributed by atoms with Gasteiger partial charge in [-0.1, -0.05) is 57.2 Å². The second-order valence-corrected chi connectivity index (χ2v) is 6.92. The van der Waals surface area contributed by atoms with E-state index in [9.17, 15) is 5.11 Å². The minimum absolute atomic E-state index is 0.0485. The molecule has 0 aliphatic rings. The van der Waals surface area contributed by atoms with Crippen molar-refractivity contribution in [1.82, 2.24) is 0 Å². The zero-order valence-corrected chi connectivity index (χ0v) is 15.5. The topological polar surface area (TPSA) is 41.8 Å². The second-order valence-electron chi connectivity index (χ2n) is 6.92. The van der Waals surface area contributed by atoms with Gasteiger partial charge >= 0.3 is 0 Å². The van der Waals surface area contributed by atoms with E-state index in [-0.39, 0.29) is 12.0 Å². The minimum atomic E-state index is 0.0485. The zero-order valence-electron chi connectivity index (χ0n) is 15.5. The van der Waals surface area contributed by atoms with Crippen molar-refractivity contribution >= 4 is 5.71 Å². The number of hydrogen-bond acceptors (Lipinski definition) is 3. The molecule has 1 rings (SSSR count). The number of methoxy groups -OCH3 is 1. The summed E-state index contributed by atoms with van der Waals surface area (Å²) in [6.45, 7) is 16.5. The average Bonchev–Trinajstić information content (AvgIpc) is 2.51. The van der Waals surface area contributed by atoms with Gasteiger partial charge in [0.2, 0.25) is 5.88 Å². The van der Waals surface area contributed by atoms with Gasteiger partial charge in [-0.25, -0.2) is 4.99 Å². The van der Waals surface area contributed by atoms with Crippen LogP contribution in [0, 0.1) is 12.3 Å². The molecule has 0 aromatic heterocycles. The fraction of sp³-hybridized carbons (Fsp3) is 0.381. The van der Waals surface area contributed by atoms with Crippen molar-refractivity contribution in [2.45, 2.75) is 34.1 Å². The summed E-state index contributed by atoms with van der Waals surface area (Å²) in [6, 6.07) is 6.11. The van der Waals surface area contributed by atoms with Crippen molar-refractivity contribution in [2.24, 2.45) is 10.4 Å². The van der Waals surface area contributed by atoms with Gasteiger partial charge in [0.25, 0.3) is 0 Å². The molecular formula is C21H29NO2. The van der Waals surface area contributed by atoms with Crippen LogP contribution in [0.15, 0.2) is 60.0 Å². The molecule has 24 heavy (non-hydrogen) atoms. The number of allylic oxidation sites excluding steroid dienone is 3. The Morgan fingerprint density at radius 2 is 1.96 bits per heavy atom. The van der Waals surface area contributed by atoms with Crippen LogP contribution in [0.25, 0.3) is 0 Å². The number of aliphatic hydroxyl groups excluding tert-OH is 1. The Hall–Kier alpha value is -2.13. The molecule has 0 amide bonds. The molecule has 1 aromatic rings. The molecule has 0 unspecified atom stereocenters. The van der Waals surface area contributed by atoms with E-state index in [0.29, 0.717) is 12.3 Å². The molecule has 3 nitrogen and oxygen atoms in total. The van der Waals surface area contributed by atoms with Crippen LogP contribution in [0.2, 0.25) is 0 Å². The number of aliphatic hydroxyl groups is 1. The van der Waals surface area contributed by atoms with Gasteiger partial charge in [0, 0.05) is 12.2 Å². The first-order valence-electron chi connectivity index (χ1n) is 8.09. The van der Waals surface area contributed by atoms with Crippen LogP contribution < -0.4 is 0 Å². The monoisotopic (exact) mass is 327 g/mol. The fourth-order valence-corrected chi connectivity index (χ4v) is 2.15. The Morgan fingerprint density at radius 3 is 2.50 bits per heavy atom. The van der Waals surface area contributed by atoms with Gasteiger partial charge in [0.1, 0.15) is 0 Å². The highest BCUT2D eigenvalue weighted by Crippen LogP contribution is 2.21. The molecule has 130 valence electrons. The van der Waals surface area contributed by atoms with Crippen molar-refractivity contribution in [3.63, 3.8) is 0 Å². The van der Waals surface area contributed by atoms with E-state index in [1.807, 2.05) is 25.1 Å². The lowest BCUT2D eigenvalue weighted by Gasteiger charge is -2.16. The third-order valence-corrected chi connectivity index (χ3v) is 3.46. The third-order valence-electron chi connectivity index (χ3n) is 3.46. The standard InChI is InChI=1S/C21H29NO2/c1-15-8-9-18(11-13-23)19(14-15)20(22-17(3)24-7)16(2)10-12-21(4,5)6/h8-10,12,14,23H,2-3,11,13H2,1,4-7H3/b12-10-,22-20?. The third kappa shape index (κ3) is 6.17. The van der Waals surface area contributed by atoms with Gasteiger partial charge in [-0.05, 0) is 42.5 Å². The molecule has 0 bridgehead atoms. The van der Waals surface area contributed by atoms with Gasteiger partial charge in [-0.2, -0.15) is 0 Å². The van der Waals surface area contributed by atoms with Gasteiger partial charge in [0.15, 0.2) is 0 Å². The number of ether oxygens (including phenoxy) is 1. The van der Waals surface area contributed by atoms with Crippen LogP contribution in [-0.2, 0) is 11.2 Å². The number of nitrogens with zero attached hydrogens (tertiary/aromatic N) is 1. The highest BCUT2D eigenvalue weighted by molar-refractivity contribution is 6.15. The zero-order chi connectivity index (χ0) is 18.3. The van der Waals surface area contributed by atoms with E-state index in [1.165, 1.54) is 0 Å². The van der Waals surface area contributed by atoms with Crippen molar-refractivity contribution < 1.29 is 9.84 Å². The maximum absolute atomic E-state index is 9.35. The summed E-state index contributed by atoms with van der Waals surface area (Å²) in [5.41, 5.74) is 4.65. The predicted molar refractivity (Wildman–Crippen MR) is 102 cm³/mol. The van der Waals surface area contributed by atoms with E-state index >= 15 is 0 Å². The van der Waals surface area contributed by atoms with Crippen LogP contribution >= 0.6 is 0 Å². The van der Waals surface area contributed by atoms with Gasteiger partial charge in [0.05, 0.1) is 12.8 Å². The van der Waals surface area contributed by atoms with Crippen molar-refractivity contribution in [3.05, 3.63) is 71.7 Å². The molecule has 1 N–H and O–H groups in total. The molecule has 3 heteroatoms. The summed E-state index contributed by atoms with van der Waals surface area (Å²) in [7, 11) is 1.54. The molecule has 0 aliphatic heterocycles. The Bertz CT molecular complexity index is 661. The Morgan fingerprint density at radius 1 is 1.29 bits per heavy atom. The van der Waals surface area contributed by atoms with Crippen LogP contribution in [-0.4, -0.2) is 24.5 Å². The Labute approximate surface area is 146 Å². The van der Waals surface area contributed by atoms with E-state index in [0.717, 1.165) is 28.0 Å². The Balaban J connectivity index is 3.43. The SMILES string of the molecule is C=C(N=C(C(=C)/C=C\C(C)(C)C)c1cc(C)ccc1CCO)OC. The van der Waals surface area contributed by atoms with Crippen LogP contribution in [0.1, 0.15) is 37.5 Å². The second kappa shape index (κ2) is 8.65. The first-order valence-corrected chi connectivity index (χ1v) is 8.09. The molecule has 0 heterocycles. The van der Waals surface area contributed by atoms with E-state index in [4.69, 9.17) is 4.74 Å². The summed E-state index contributed by atoms with van der Waals surface area (Å²) in [6.07, 6.45) is 4.64. The average molecular weight is 327 g/mol. The van der Waals surface area contributed by atoms with Crippen molar-refractivity contribution in [3.8, 4) is 0 Å². The maximum Gasteiger partial charge on any atom is 0.206 e. The number of benzene rings is 1. The summed E-state index contributed by atoms with van der Waals surface area (Å²) in [5.74, 6) is 0.326. The highest BCUT2D eigenvalue weighted by Gasteiger charge is 2.14. The molecule has 0 spiro atoms. The molecule has 0 fully saturated rings. The maximum atomic E-state index is 9.35. The number of rotatable bonds is 7. The van der Waals surface area contributed by atoms with Crippen LogP contribution in [0.3, 0.4) is 0 Å². The van der Waals surface area contributed by atoms with E-state index in [2.05, 4.69) is 51.1 Å². The van der Waals surface area contributed by atoms with Crippen molar-refractivity contribution in [2.75, 3.05) is 13.7 Å². The largest absolute Gasteiger partial charge is 0.481 e. The number of aliphatic imine (C=N–C) groups is 1. The molecule has 0 radical (unpaired) electrons. The van der Waals surface area contributed by atoms with E-state index in [1.54, 1.807) is 7.11 Å². The van der Waals surface area contributed by atoms with Crippen LogP contribution in [0.4, 0.5) is 0 Å². The van der Waals surface area contributed by atoms with Gasteiger partial charge in [-0.15, -0.1) is 0 Å². The summed E-state index contributed by atoms with van der Waals surface area (Å²) in [5, 5.41) is 9.35. The molecule has 0 saturated heterocycles. The van der Waals surface area contributed by atoms with Crippen molar-refractivity contribution in [1.29, 1.82) is 0 Å². The molecule has 1 aromatic carbocycles. The molecule has 0 saturated carbocycles. The smallest absolute Gasteiger partial charge is 0.206 e. The number of aryl methyl sites for hydroxylation is 1. The lowest BCUT2D eigenvalue weighted by molar-refractivity contribution is 0.290. The number of hydrogen-bond donors (Lipinski definition) is 1. The lowest BCUT2D eigenvalue weighted by Crippen LogP contribution is -2.10. The molecule has 0 aliphatic carbocycles. The normalized spacial score (nSPS) is 12.5. The van der Waals surface area contributed by atoms with Gasteiger partial charge < -0.3 is 9.84 Å². The van der Waals surface area contributed by atoms with E-state index < -0.39 is 0 Å². The minimum Gasteiger partial charge on any atom is -0.481 e. The first kappa shape index (κ1) is 19.9. The summed E-state index contributed by atoms with van der Waals surface area (Å²) in [4.78, 5) is 4.52. The first-order chi connectivity index (χ1) is 11.2. The highest BCUT2D eigenvalue weighted by atomic mass is 16.5. The predicted octanol–water partition coefficient (Wildman–Crippen LogP) is 4.60. The quantitative estimate of drug-likeness (QED) is 0.452. The summed E-state index contributed by atoms with van der Waals surface area (Å²) >= 11 is 0. The fourth-order valence-electron chi connectivity index (χ4n) is 2.15. The Kier molecular flexibility index (Phi) is 7.18. The van der Waals surface area contributed by atoms with Crippen LogP contribution in [0.5, 0.6) is 0 Å². The lowest BCUT2D eigenvalue weighted by atomic mass is 9.91. The van der Waals surface area contributed by atoms with Gasteiger partial charge in [-0.3, -0.25) is 0 Å².